The maximum absolute atomic E-state index is 12.4. The lowest BCUT2D eigenvalue weighted by Gasteiger charge is -2.21. The molecular weight excluding hydrogens is 741 g/mol. The lowest BCUT2D eigenvalue weighted by atomic mass is 9.83. The molecule has 0 aliphatic carbocycles. The van der Waals surface area contributed by atoms with Gasteiger partial charge in [-0.3, -0.25) is 14.4 Å². The van der Waals surface area contributed by atoms with E-state index in [4.69, 9.17) is 9.47 Å². The van der Waals surface area contributed by atoms with Gasteiger partial charge in [-0.2, -0.15) is 40.5 Å². The zero-order valence-electron chi connectivity index (χ0n) is 38.9. The molecule has 0 N–H and O–H groups in total. The minimum absolute atomic E-state index is 0. The van der Waals surface area contributed by atoms with Crippen molar-refractivity contribution in [3.05, 3.63) is 29.8 Å². The first-order valence-corrected chi connectivity index (χ1v) is 20.9. The van der Waals surface area contributed by atoms with Gasteiger partial charge in [-0.15, -0.1) is 0 Å². The third kappa shape index (κ3) is 33.7. The highest BCUT2D eigenvalue weighted by Crippen LogP contribution is 2.25. The molecule has 0 aromatic heterocycles. The van der Waals surface area contributed by atoms with Gasteiger partial charge in [0.25, 0.3) is 0 Å². The number of ketones is 3. The van der Waals surface area contributed by atoms with Crippen LogP contribution in [0.25, 0.3) is 0 Å². The van der Waals surface area contributed by atoms with E-state index in [1.165, 1.54) is 5.56 Å². The summed E-state index contributed by atoms with van der Waals surface area (Å²) in [6.45, 7) is 40.0. The Morgan fingerprint density at radius 1 is 0.418 bits per heavy atom. The Bertz CT molecular complexity index is 1070. The van der Waals surface area contributed by atoms with Crippen molar-refractivity contribution in [2.24, 2.45) is 71.0 Å². The second kappa shape index (κ2) is 35.0. The third-order valence-electron chi connectivity index (χ3n) is 8.70. The van der Waals surface area contributed by atoms with Crippen LogP contribution in [-0.2, 0) is 25.5 Å². The number of ether oxygens (including phenoxy) is 2. The van der Waals surface area contributed by atoms with Crippen molar-refractivity contribution in [2.45, 2.75) is 157 Å². The van der Waals surface area contributed by atoms with Crippen molar-refractivity contribution in [3.63, 3.8) is 0 Å². The Kier molecular flexibility index (Phi) is 40.3. The molecule has 0 heterocycles. The average molecular weight is 833 g/mol. The second-order valence-corrected chi connectivity index (χ2v) is 18.8. The molecule has 0 amide bonds. The molecule has 5 nitrogen and oxygen atoms in total. The summed E-state index contributed by atoms with van der Waals surface area (Å²) in [5.74, 6) is 6.41. The van der Waals surface area contributed by atoms with E-state index < -0.39 is 0 Å². The Hall–Kier alpha value is -0.960. The van der Waals surface area contributed by atoms with Gasteiger partial charge in [-0.05, 0) is 85.3 Å². The van der Waals surface area contributed by atoms with Crippen LogP contribution < -0.4 is 4.74 Å². The predicted octanol–water partition coefficient (Wildman–Crippen LogP) is 13.0. The smallest absolute Gasteiger partial charge is 0.140 e. The van der Waals surface area contributed by atoms with Gasteiger partial charge in [-0.1, -0.05) is 137 Å². The Balaban J connectivity index is -0.000000228. The zero-order chi connectivity index (χ0) is 40.7. The van der Waals surface area contributed by atoms with Crippen LogP contribution in [-0.4, -0.2) is 37.2 Å². The first-order chi connectivity index (χ1) is 24.0. The van der Waals surface area contributed by atoms with Gasteiger partial charge in [-0.25, -0.2) is 0 Å². The van der Waals surface area contributed by atoms with Gasteiger partial charge in [0.15, 0.2) is 0 Å². The number of rotatable bonds is 23. The van der Waals surface area contributed by atoms with Crippen LogP contribution in [0.5, 0.6) is 5.75 Å². The van der Waals surface area contributed by atoms with Gasteiger partial charge < -0.3 is 9.47 Å². The lowest BCUT2D eigenvalue weighted by Crippen LogP contribution is -2.26. The molecule has 1 rings (SSSR count). The molecule has 0 spiro atoms. The normalized spacial score (nSPS) is 12.3. The Morgan fingerprint density at radius 2 is 0.745 bits per heavy atom. The summed E-state index contributed by atoms with van der Waals surface area (Å²) in [5, 5.41) is 0. The number of Topliss-reactive ketones (excluding diaryl/α,β-unsaturated/α-hetero) is 3. The maximum Gasteiger partial charge on any atom is 0.140 e. The fourth-order valence-corrected chi connectivity index (χ4v) is 6.30. The average Bonchev–Trinajstić information content (AvgIpc) is 3.01. The van der Waals surface area contributed by atoms with Crippen molar-refractivity contribution < 1.29 is 23.9 Å². The van der Waals surface area contributed by atoms with Gasteiger partial charge in [0.05, 0.1) is 13.2 Å². The summed E-state index contributed by atoms with van der Waals surface area (Å²) < 4.78 is 11.3. The van der Waals surface area contributed by atoms with E-state index in [1.54, 1.807) is 0 Å². The Morgan fingerprint density at radius 3 is 1.09 bits per heavy atom. The first-order valence-electron chi connectivity index (χ1n) is 20.9. The predicted molar refractivity (Wildman–Crippen MR) is 255 cm³/mol. The summed E-state index contributed by atoms with van der Waals surface area (Å²) in [4.78, 5) is 36.3. The van der Waals surface area contributed by atoms with E-state index in [0.29, 0.717) is 59.5 Å². The van der Waals surface area contributed by atoms with Crippen molar-refractivity contribution in [1.82, 2.24) is 0 Å². The molecule has 0 saturated heterocycles. The first kappa shape index (κ1) is 63.2. The van der Waals surface area contributed by atoms with Gasteiger partial charge >= 0.3 is 0 Å². The third-order valence-corrected chi connectivity index (χ3v) is 8.70. The summed E-state index contributed by atoms with van der Waals surface area (Å²) in [6.07, 6.45) is 4.84. The van der Waals surface area contributed by atoms with E-state index >= 15 is 0 Å². The fourth-order valence-electron chi connectivity index (χ4n) is 6.30. The van der Waals surface area contributed by atoms with Crippen molar-refractivity contribution in [1.29, 1.82) is 0 Å². The highest BCUT2D eigenvalue weighted by atomic mass is 32.1. The van der Waals surface area contributed by atoms with E-state index in [0.717, 1.165) is 51.1 Å². The largest absolute Gasteiger partial charge is 0.493 e. The molecule has 8 heteroatoms. The molecule has 0 aliphatic rings. The minimum Gasteiger partial charge on any atom is -0.493 e. The topological polar surface area (TPSA) is 69.7 Å². The summed E-state index contributed by atoms with van der Waals surface area (Å²) in [6, 6.07) is 8.22. The molecule has 0 saturated carbocycles. The van der Waals surface area contributed by atoms with E-state index in [1.807, 2.05) is 53.7 Å². The van der Waals surface area contributed by atoms with E-state index in [2.05, 4.69) is 95.2 Å². The molecule has 1 aromatic rings. The van der Waals surface area contributed by atoms with Crippen LogP contribution in [0, 0.1) is 71.0 Å². The number of hydrogen-bond acceptors (Lipinski definition) is 5. The number of hydrogen-bond donors (Lipinski definition) is 0. The molecular formula is C47H92O5S3. The molecule has 0 aliphatic heterocycles. The molecule has 2 atom stereocenters. The number of carbonyl (C=O) groups excluding carboxylic acids is 3. The van der Waals surface area contributed by atoms with Crippen molar-refractivity contribution >= 4 is 57.8 Å². The zero-order valence-corrected chi connectivity index (χ0v) is 41.9. The van der Waals surface area contributed by atoms with Crippen LogP contribution in [0.2, 0.25) is 0 Å². The van der Waals surface area contributed by atoms with Crippen LogP contribution in [0.4, 0.5) is 0 Å². The summed E-state index contributed by atoms with van der Waals surface area (Å²) >= 11 is 0. The quantitative estimate of drug-likeness (QED) is 0.110. The molecule has 328 valence electrons. The van der Waals surface area contributed by atoms with Crippen molar-refractivity contribution in [3.8, 4) is 5.75 Å². The van der Waals surface area contributed by atoms with Crippen molar-refractivity contribution in [2.75, 3.05) is 19.8 Å². The SMILES string of the molecule is CC(C)CC(CC(C)C)C(=O)C(C)C.CC(C)COC[C@H](CC(C)C)C(=O)C(C)C.CC(C)COc1ccc(C[C@H](CC(C)C)C(=O)C(C)C)cc1.S.S.S. The minimum atomic E-state index is 0. The van der Waals surface area contributed by atoms with E-state index in [9.17, 15) is 14.4 Å². The van der Waals surface area contributed by atoms with Crippen LogP contribution in [0.3, 0.4) is 0 Å². The molecule has 0 unspecified atom stereocenters. The van der Waals surface area contributed by atoms with E-state index in [-0.39, 0.29) is 76.0 Å². The second-order valence-electron chi connectivity index (χ2n) is 18.8. The molecule has 0 radical (unpaired) electrons. The molecule has 1 aromatic carbocycles. The highest BCUT2D eigenvalue weighted by Gasteiger charge is 2.24. The van der Waals surface area contributed by atoms with Crippen LogP contribution in [0.1, 0.15) is 156 Å². The lowest BCUT2D eigenvalue weighted by molar-refractivity contribution is -0.129. The van der Waals surface area contributed by atoms with Gasteiger partial charge in [0.2, 0.25) is 0 Å². The fraction of sp³-hybridized carbons (Fsp3) is 0.809. The number of carbonyl (C=O) groups is 3. The number of benzene rings is 1. The van der Waals surface area contributed by atoms with Crippen LogP contribution in [0.15, 0.2) is 24.3 Å². The highest BCUT2D eigenvalue weighted by molar-refractivity contribution is 7.59. The standard InChI is InChI=1S/C20H32O2.C14H28O2.C13H26O.3H2S/c1-14(2)11-18(20(21)16(5)6)12-17-7-9-19(10-8-17)22-13-15(3)4;1-10(2)7-13(14(15)12(5)6)9-16-8-11(3)4;1-9(2)7-12(8-10(3)4)13(14)11(5)6;;;/h7-10,14-16,18H,11-13H2,1-6H3;10-13H,7-9H2,1-6H3;9-12H,7-8H2,1-6H3;3*1H2/t18-;13-;;;;/m00..../s1. The summed E-state index contributed by atoms with van der Waals surface area (Å²) in [5.41, 5.74) is 1.22. The molecule has 55 heavy (non-hydrogen) atoms. The monoisotopic (exact) mass is 833 g/mol. The van der Waals surface area contributed by atoms with Gasteiger partial charge in [0, 0.05) is 42.1 Å². The summed E-state index contributed by atoms with van der Waals surface area (Å²) in [7, 11) is 0. The van der Waals surface area contributed by atoms with Gasteiger partial charge in [0.1, 0.15) is 23.1 Å². The Labute approximate surface area is 363 Å². The molecule has 0 fully saturated rings. The maximum atomic E-state index is 12.4. The van der Waals surface area contributed by atoms with Crippen LogP contribution >= 0.6 is 40.5 Å². The molecule has 0 bridgehead atoms.